The van der Waals surface area contributed by atoms with Gasteiger partial charge in [-0.25, -0.2) is 0 Å². The van der Waals surface area contributed by atoms with Gasteiger partial charge in [0.2, 0.25) is 0 Å². The lowest BCUT2D eigenvalue weighted by Gasteiger charge is -2.38. The zero-order valence-electron chi connectivity index (χ0n) is 26.8. The standard InChI is InChI=1S/C39H33F3O5/c1-21-17-29-33-27-19-31(43)32(46-6)20-28(27)36-26(35(33)37(2,3)34(29)30(18-21)39(40,41)42)15-16-38(47-36,22-7-11-24(44-4)12-8-22)23-9-13-25(45-5)14-10-23/h7-20,43H,1-6H3. The van der Waals surface area contributed by atoms with Crippen LogP contribution in [0.3, 0.4) is 0 Å². The van der Waals surface area contributed by atoms with Crippen molar-refractivity contribution < 1.29 is 37.2 Å². The van der Waals surface area contributed by atoms with Crippen LogP contribution in [0.1, 0.15) is 52.8 Å². The fraction of sp³-hybridized carbons (Fsp3) is 0.231. The molecule has 240 valence electrons. The first kappa shape index (κ1) is 30.5. The zero-order valence-corrected chi connectivity index (χ0v) is 26.8. The van der Waals surface area contributed by atoms with E-state index in [0.29, 0.717) is 55.8 Å². The smallest absolute Gasteiger partial charge is 0.416 e. The number of fused-ring (bicyclic) bond motifs is 8. The molecule has 1 heterocycles. The molecule has 0 saturated heterocycles. The van der Waals surface area contributed by atoms with Gasteiger partial charge < -0.3 is 24.1 Å². The van der Waals surface area contributed by atoms with Crippen LogP contribution in [0.4, 0.5) is 13.2 Å². The third-order valence-corrected chi connectivity index (χ3v) is 9.49. The molecule has 0 fully saturated rings. The van der Waals surface area contributed by atoms with Crippen LogP contribution in [0.15, 0.2) is 78.9 Å². The summed E-state index contributed by atoms with van der Waals surface area (Å²) in [7, 11) is 4.66. The third-order valence-electron chi connectivity index (χ3n) is 9.49. The van der Waals surface area contributed by atoms with Crippen LogP contribution in [0.2, 0.25) is 0 Å². The van der Waals surface area contributed by atoms with Gasteiger partial charge in [-0.05, 0) is 88.7 Å². The van der Waals surface area contributed by atoms with Crippen LogP contribution in [0.25, 0.3) is 28.0 Å². The Morgan fingerprint density at radius 1 is 0.745 bits per heavy atom. The molecule has 5 aromatic rings. The van der Waals surface area contributed by atoms with E-state index in [4.69, 9.17) is 18.9 Å². The second-order valence-electron chi connectivity index (χ2n) is 12.5. The van der Waals surface area contributed by atoms with Crippen molar-refractivity contribution in [2.75, 3.05) is 21.3 Å². The lowest BCUT2D eigenvalue weighted by Crippen LogP contribution is -2.35. The van der Waals surface area contributed by atoms with E-state index in [2.05, 4.69) is 0 Å². The van der Waals surface area contributed by atoms with Crippen LogP contribution in [0, 0.1) is 6.92 Å². The highest BCUT2D eigenvalue weighted by Crippen LogP contribution is 2.61. The topological polar surface area (TPSA) is 57.2 Å². The molecule has 47 heavy (non-hydrogen) atoms. The molecule has 0 atom stereocenters. The van der Waals surface area contributed by atoms with E-state index < -0.39 is 22.8 Å². The minimum absolute atomic E-state index is 0.125. The van der Waals surface area contributed by atoms with E-state index in [1.54, 1.807) is 39.3 Å². The van der Waals surface area contributed by atoms with Gasteiger partial charge in [-0.3, -0.25) is 0 Å². The van der Waals surface area contributed by atoms with Gasteiger partial charge in [0.05, 0.1) is 26.9 Å². The third kappa shape index (κ3) is 4.45. The Balaban J connectivity index is 1.59. The average Bonchev–Trinajstić information content (AvgIpc) is 3.29. The van der Waals surface area contributed by atoms with E-state index in [9.17, 15) is 18.3 Å². The Hall–Kier alpha value is -5.11. The molecular formula is C39H33F3O5. The van der Waals surface area contributed by atoms with Crippen molar-refractivity contribution in [3.8, 4) is 39.9 Å². The molecule has 1 aliphatic heterocycles. The predicted molar refractivity (Wildman–Crippen MR) is 176 cm³/mol. The van der Waals surface area contributed by atoms with Crippen molar-refractivity contribution in [1.82, 2.24) is 0 Å². The normalized spacial score (nSPS) is 15.4. The van der Waals surface area contributed by atoms with Crippen molar-refractivity contribution in [2.45, 2.75) is 38.0 Å². The minimum Gasteiger partial charge on any atom is -0.504 e. The number of hydrogen-bond donors (Lipinski definition) is 1. The molecule has 0 aromatic heterocycles. The van der Waals surface area contributed by atoms with Crippen LogP contribution >= 0.6 is 0 Å². The van der Waals surface area contributed by atoms with E-state index >= 15 is 0 Å². The van der Waals surface area contributed by atoms with Crippen molar-refractivity contribution in [3.05, 3.63) is 118 Å². The van der Waals surface area contributed by atoms with E-state index in [-0.39, 0.29) is 17.1 Å². The van der Waals surface area contributed by atoms with Crippen LogP contribution in [0.5, 0.6) is 28.7 Å². The van der Waals surface area contributed by atoms with Crippen LogP contribution in [-0.4, -0.2) is 26.4 Å². The number of halogens is 3. The minimum atomic E-state index is -4.57. The quantitative estimate of drug-likeness (QED) is 0.208. The first-order valence-corrected chi connectivity index (χ1v) is 15.1. The lowest BCUT2D eigenvalue weighted by atomic mass is 9.75. The second-order valence-corrected chi connectivity index (χ2v) is 12.5. The largest absolute Gasteiger partial charge is 0.504 e. The summed E-state index contributed by atoms with van der Waals surface area (Å²) in [5.41, 5.74) is 1.94. The summed E-state index contributed by atoms with van der Waals surface area (Å²) in [5, 5.41) is 12.2. The summed E-state index contributed by atoms with van der Waals surface area (Å²) in [6, 6.07) is 21.4. The number of methoxy groups -OCH3 is 3. The van der Waals surface area contributed by atoms with E-state index in [0.717, 1.165) is 11.1 Å². The fourth-order valence-corrected chi connectivity index (χ4v) is 7.41. The predicted octanol–water partition coefficient (Wildman–Crippen LogP) is 9.55. The number of ether oxygens (including phenoxy) is 4. The van der Waals surface area contributed by atoms with Gasteiger partial charge in [0.25, 0.3) is 0 Å². The van der Waals surface area contributed by atoms with Crippen molar-refractivity contribution >= 4 is 16.8 Å². The van der Waals surface area contributed by atoms with Crippen LogP contribution in [-0.2, 0) is 17.2 Å². The van der Waals surface area contributed by atoms with Crippen molar-refractivity contribution in [1.29, 1.82) is 0 Å². The Labute approximate surface area is 270 Å². The molecular weight excluding hydrogens is 605 g/mol. The molecule has 1 N–H and O–H groups in total. The lowest BCUT2D eigenvalue weighted by molar-refractivity contribution is -0.138. The SMILES string of the molecule is COc1ccc(C2(c3ccc(OC)cc3)C=Cc3c4c(c5cc(O)c(OC)cc5c3O2)-c2cc(C)cc(C(F)(F)F)c2C4(C)C)cc1. The number of benzene rings is 5. The number of alkyl halides is 3. The monoisotopic (exact) mass is 638 g/mol. The molecule has 8 heteroatoms. The number of aryl methyl sites for hydroxylation is 1. The Bertz CT molecular complexity index is 2040. The summed E-state index contributed by atoms with van der Waals surface area (Å²) >= 11 is 0. The molecule has 0 radical (unpaired) electrons. The van der Waals surface area contributed by atoms with Gasteiger partial charge in [-0.2, -0.15) is 13.2 Å². The second kappa shape index (κ2) is 10.5. The Morgan fingerprint density at radius 2 is 1.34 bits per heavy atom. The molecule has 0 amide bonds. The maximum atomic E-state index is 14.7. The summed E-state index contributed by atoms with van der Waals surface area (Å²) in [6.45, 7) is 5.31. The highest BCUT2D eigenvalue weighted by atomic mass is 19.4. The Kier molecular flexibility index (Phi) is 6.79. The first-order chi connectivity index (χ1) is 22.3. The molecule has 1 aliphatic carbocycles. The van der Waals surface area contributed by atoms with E-state index in [1.165, 1.54) is 13.2 Å². The number of phenols is 1. The van der Waals surface area contributed by atoms with Crippen molar-refractivity contribution in [3.63, 3.8) is 0 Å². The number of rotatable bonds is 5. The number of hydrogen-bond acceptors (Lipinski definition) is 5. The summed E-state index contributed by atoms with van der Waals surface area (Å²) in [6.07, 6.45) is -0.656. The number of aromatic hydroxyl groups is 1. The van der Waals surface area contributed by atoms with Gasteiger partial charge in [0.1, 0.15) is 17.2 Å². The van der Waals surface area contributed by atoms with Gasteiger partial charge in [0.15, 0.2) is 17.1 Å². The molecule has 5 aromatic carbocycles. The average molecular weight is 639 g/mol. The van der Waals surface area contributed by atoms with Crippen LogP contribution < -0.4 is 18.9 Å². The fourth-order valence-electron chi connectivity index (χ4n) is 7.41. The van der Waals surface area contributed by atoms with E-state index in [1.807, 2.05) is 74.5 Å². The first-order valence-electron chi connectivity index (χ1n) is 15.1. The maximum Gasteiger partial charge on any atom is 0.416 e. The summed E-state index contributed by atoms with van der Waals surface area (Å²) in [5.74, 6) is 1.92. The van der Waals surface area contributed by atoms with Crippen molar-refractivity contribution in [2.24, 2.45) is 0 Å². The molecule has 0 bridgehead atoms. The van der Waals surface area contributed by atoms with Gasteiger partial charge in [0, 0.05) is 27.5 Å². The molecule has 5 nitrogen and oxygen atoms in total. The highest BCUT2D eigenvalue weighted by molar-refractivity contribution is 6.10. The highest BCUT2D eigenvalue weighted by Gasteiger charge is 2.48. The van der Waals surface area contributed by atoms with Gasteiger partial charge in [-0.1, -0.05) is 50.3 Å². The van der Waals surface area contributed by atoms with Gasteiger partial charge >= 0.3 is 6.18 Å². The molecule has 0 unspecified atom stereocenters. The molecule has 7 rings (SSSR count). The summed E-state index contributed by atoms with van der Waals surface area (Å²) < 4.78 is 67.6. The molecule has 0 spiro atoms. The summed E-state index contributed by atoms with van der Waals surface area (Å²) in [4.78, 5) is 0. The molecule has 2 aliphatic rings. The Morgan fingerprint density at radius 3 is 1.87 bits per heavy atom. The molecule has 0 saturated carbocycles. The number of phenolic OH excluding ortho intramolecular Hbond substituents is 1. The zero-order chi connectivity index (χ0) is 33.5. The van der Waals surface area contributed by atoms with Gasteiger partial charge in [-0.15, -0.1) is 0 Å². The maximum absolute atomic E-state index is 14.7.